The van der Waals surface area contributed by atoms with Gasteiger partial charge in [0.25, 0.3) is 0 Å². The number of amides is 1. The van der Waals surface area contributed by atoms with Crippen LogP contribution in [0.1, 0.15) is 11.5 Å². The predicted octanol–water partition coefficient (Wildman–Crippen LogP) is 2.40. The van der Waals surface area contributed by atoms with Crippen molar-refractivity contribution in [1.29, 1.82) is 0 Å². The number of benzene rings is 1. The highest BCUT2D eigenvalue weighted by molar-refractivity contribution is 9.09. The minimum atomic E-state index is -0.0200. The van der Waals surface area contributed by atoms with E-state index in [9.17, 15) is 4.79 Å². The summed E-state index contributed by atoms with van der Waals surface area (Å²) in [5.74, 6) is 0.920. The van der Waals surface area contributed by atoms with E-state index in [0.29, 0.717) is 13.2 Å². The molecule has 0 bridgehead atoms. The van der Waals surface area contributed by atoms with Crippen LogP contribution < -0.4 is 5.32 Å². The summed E-state index contributed by atoms with van der Waals surface area (Å²) in [7, 11) is 1.65. The van der Waals surface area contributed by atoms with Gasteiger partial charge in [0, 0.05) is 24.3 Å². The summed E-state index contributed by atoms with van der Waals surface area (Å²) in [6.45, 7) is 1.19. The summed E-state index contributed by atoms with van der Waals surface area (Å²) in [4.78, 5) is 13.5. The number of halogens is 1. The maximum Gasteiger partial charge on any atom is 0.228 e. The van der Waals surface area contributed by atoms with Crippen molar-refractivity contribution in [2.24, 2.45) is 0 Å². The molecule has 1 aromatic rings. The Kier molecular flexibility index (Phi) is 5.09. The Morgan fingerprint density at radius 2 is 2.39 bits per heavy atom. The van der Waals surface area contributed by atoms with Gasteiger partial charge in [-0.25, -0.2) is 0 Å². The van der Waals surface area contributed by atoms with Crippen molar-refractivity contribution in [2.45, 2.75) is 15.6 Å². The maximum atomic E-state index is 12.1. The van der Waals surface area contributed by atoms with E-state index in [2.05, 4.69) is 27.3 Å². The molecule has 0 fully saturated rings. The third-order valence-corrected chi connectivity index (χ3v) is 4.63. The van der Waals surface area contributed by atoms with Crippen molar-refractivity contribution in [3.8, 4) is 0 Å². The molecule has 2 unspecified atom stereocenters. The molecule has 1 amide bonds. The summed E-state index contributed by atoms with van der Waals surface area (Å²) >= 11 is 5.21. The Morgan fingerprint density at radius 3 is 3.17 bits per heavy atom. The highest BCUT2D eigenvalue weighted by atomic mass is 79.9. The van der Waals surface area contributed by atoms with Crippen LogP contribution in [-0.2, 0) is 9.53 Å². The van der Waals surface area contributed by atoms with Gasteiger partial charge in [-0.2, -0.15) is 0 Å². The summed E-state index contributed by atoms with van der Waals surface area (Å²) in [5, 5.41) is 2.97. The van der Waals surface area contributed by atoms with Gasteiger partial charge in [0.05, 0.1) is 17.4 Å². The fourth-order valence-electron chi connectivity index (χ4n) is 1.95. The summed E-state index contributed by atoms with van der Waals surface area (Å²) in [5.41, 5.74) is 1.15. The predicted molar refractivity (Wildman–Crippen MR) is 77.5 cm³/mol. The van der Waals surface area contributed by atoms with E-state index in [1.54, 1.807) is 18.9 Å². The first-order chi connectivity index (χ1) is 8.72. The van der Waals surface area contributed by atoms with Crippen LogP contribution in [0.2, 0.25) is 0 Å². The summed E-state index contributed by atoms with van der Waals surface area (Å²) in [6.07, 6.45) is 0. The van der Waals surface area contributed by atoms with Crippen LogP contribution in [-0.4, -0.2) is 36.7 Å². The van der Waals surface area contributed by atoms with Gasteiger partial charge < -0.3 is 10.1 Å². The van der Waals surface area contributed by atoms with Crippen LogP contribution in [0.4, 0.5) is 0 Å². The fraction of sp³-hybridized carbons (Fsp3) is 0.462. The zero-order chi connectivity index (χ0) is 13.0. The third-order valence-electron chi connectivity index (χ3n) is 2.86. The monoisotopic (exact) mass is 329 g/mol. The number of hydrogen-bond donors (Lipinski definition) is 1. The van der Waals surface area contributed by atoms with Crippen molar-refractivity contribution < 1.29 is 9.53 Å². The van der Waals surface area contributed by atoms with E-state index in [1.165, 1.54) is 4.90 Å². The quantitative estimate of drug-likeness (QED) is 0.843. The van der Waals surface area contributed by atoms with Crippen LogP contribution in [0.25, 0.3) is 0 Å². The molecule has 3 nitrogen and oxygen atoms in total. The number of hydrogen-bond acceptors (Lipinski definition) is 3. The fourth-order valence-corrected chi connectivity index (χ4v) is 3.61. The number of methoxy groups -OCH3 is 1. The van der Waals surface area contributed by atoms with Crippen molar-refractivity contribution in [3.05, 3.63) is 29.8 Å². The first kappa shape index (κ1) is 13.9. The number of thioether (sulfide) groups is 1. The molecule has 18 heavy (non-hydrogen) atoms. The lowest BCUT2D eigenvalue weighted by Gasteiger charge is -2.14. The zero-order valence-electron chi connectivity index (χ0n) is 10.2. The summed E-state index contributed by atoms with van der Waals surface area (Å²) < 4.78 is 5.02. The Morgan fingerprint density at radius 1 is 1.61 bits per heavy atom. The molecule has 2 rings (SSSR count). The molecular weight excluding hydrogens is 314 g/mol. The Bertz CT molecular complexity index is 427. The second-order valence-electron chi connectivity index (χ2n) is 4.20. The molecule has 1 heterocycles. The maximum absolute atomic E-state index is 12.1. The number of nitrogens with one attached hydrogen (secondary N) is 1. The molecule has 1 aromatic carbocycles. The molecule has 0 saturated carbocycles. The Balaban J connectivity index is 1.91. The second-order valence-corrected chi connectivity index (χ2v) is 6.56. The molecule has 1 aliphatic heterocycles. The SMILES string of the molecule is COCC(Br)CNC(=O)C1CSc2ccccc21. The van der Waals surface area contributed by atoms with Crippen molar-refractivity contribution >= 4 is 33.6 Å². The molecule has 1 N–H and O–H groups in total. The molecular formula is C13H16BrNO2S. The number of carbonyl (C=O) groups is 1. The van der Waals surface area contributed by atoms with Crippen molar-refractivity contribution in [1.82, 2.24) is 5.32 Å². The van der Waals surface area contributed by atoms with Gasteiger partial charge in [-0.15, -0.1) is 11.8 Å². The molecule has 0 spiro atoms. The van der Waals surface area contributed by atoms with Gasteiger partial charge in [0.2, 0.25) is 5.91 Å². The first-order valence-corrected chi connectivity index (χ1v) is 7.75. The van der Waals surface area contributed by atoms with E-state index < -0.39 is 0 Å². The summed E-state index contributed by atoms with van der Waals surface area (Å²) in [6, 6.07) is 8.12. The Hall–Kier alpha value is -0.520. The van der Waals surface area contributed by atoms with Gasteiger partial charge in [0.15, 0.2) is 0 Å². The molecule has 0 radical (unpaired) electrons. The zero-order valence-corrected chi connectivity index (χ0v) is 12.6. The lowest BCUT2D eigenvalue weighted by molar-refractivity contribution is -0.122. The van der Waals surface area contributed by atoms with Crippen molar-refractivity contribution in [2.75, 3.05) is 26.0 Å². The van der Waals surface area contributed by atoms with Gasteiger partial charge in [-0.3, -0.25) is 4.79 Å². The van der Waals surface area contributed by atoms with Crippen LogP contribution in [0.3, 0.4) is 0 Å². The normalized spacial score (nSPS) is 19.3. The van der Waals surface area contributed by atoms with Gasteiger partial charge >= 0.3 is 0 Å². The average Bonchev–Trinajstić information content (AvgIpc) is 2.80. The first-order valence-electron chi connectivity index (χ1n) is 5.85. The van der Waals surface area contributed by atoms with Gasteiger partial charge in [0.1, 0.15) is 0 Å². The van der Waals surface area contributed by atoms with E-state index in [0.717, 1.165) is 11.3 Å². The minimum Gasteiger partial charge on any atom is -0.383 e. The largest absolute Gasteiger partial charge is 0.383 e. The Labute approximate surface area is 120 Å². The molecule has 2 atom stereocenters. The number of alkyl halides is 1. The topological polar surface area (TPSA) is 38.3 Å². The molecule has 98 valence electrons. The van der Waals surface area contributed by atoms with Crippen LogP contribution in [0.5, 0.6) is 0 Å². The van der Waals surface area contributed by atoms with E-state index in [1.807, 2.05) is 18.2 Å². The molecule has 0 saturated heterocycles. The van der Waals surface area contributed by atoms with Crippen molar-refractivity contribution in [3.63, 3.8) is 0 Å². The lowest BCUT2D eigenvalue weighted by atomic mass is 10.0. The lowest BCUT2D eigenvalue weighted by Crippen LogP contribution is -2.35. The molecule has 1 aliphatic rings. The number of ether oxygens (including phenoxy) is 1. The second kappa shape index (κ2) is 6.59. The standard InChI is InChI=1S/C13H16BrNO2S/c1-17-7-9(14)6-15-13(16)11-8-18-12-5-3-2-4-10(11)12/h2-5,9,11H,6-8H2,1H3,(H,15,16). The van der Waals surface area contributed by atoms with Gasteiger partial charge in [-0.1, -0.05) is 34.1 Å². The smallest absolute Gasteiger partial charge is 0.228 e. The highest BCUT2D eigenvalue weighted by Gasteiger charge is 2.28. The highest BCUT2D eigenvalue weighted by Crippen LogP contribution is 2.39. The average molecular weight is 330 g/mol. The third kappa shape index (κ3) is 3.28. The molecule has 5 heteroatoms. The van der Waals surface area contributed by atoms with E-state index >= 15 is 0 Å². The minimum absolute atomic E-state index is 0.0200. The van der Waals surface area contributed by atoms with Crippen LogP contribution in [0, 0.1) is 0 Å². The molecule has 0 aliphatic carbocycles. The number of fused-ring (bicyclic) bond motifs is 1. The van der Waals surface area contributed by atoms with Gasteiger partial charge in [-0.05, 0) is 11.6 Å². The van der Waals surface area contributed by atoms with E-state index in [4.69, 9.17) is 4.74 Å². The van der Waals surface area contributed by atoms with E-state index in [-0.39, 0.29) is 16.7 Å². The molecule has 0 aromatic heterocycles. The van der Waals surface area contributed by atoms with Crippen LogP contribution in [0.15, 0.2) is 29.2 Å². The number of rotatable bonds is 5. The number of carbonyl (C=O) groups excluding carboxylic acids is 1. The van der Waals surface area contributed by atoms with Crippen LogP contribution >= 0.6 is 27.7 Å².